The molecule has 1 unspecified atom stereocenters. The zero-order valence-corrected chi connectivity index (χ0v) is 23.1. The molecule has 2 saturated heterocycles. The molecular formula is C29H39NO6S. The van der Waals surface area contributed by atoms with E-state index in [9.17, 15) is 9.59 Å². The van der Waals surface area contributed by atoms with Gasteiger partial charge in [0.15, 0.2) is 5.79 Å². The number of hydrogen-bond donors (Lipinski definition) is 0. The van der Waals surface area contributed by atoms with E-state index in [0.717, 1.165) is 42.6 Å². The van der Waals surface area contributed by atoms with E-state index >= 15 is 0 Å². The van der Waals surface area contributed by atoms with Crippen LogP contribution in [-0.2, 0) is 25.5 Å². The van der Waals surface area contributed by atoms with E-state index in [1.54, 1.807) is 20.3 Å². The van der Waals surface area contributed by atoms with Gasteiger partial charge < -0.3 is 23.8 Å². The number of thioether (sulfide) groups is 1. The number of hydrogen-bond acceptors (Lipinski definition) is 7. The Hall–Kier alpha value is -2.29. The van der Waals surface area contributed by atoms with E-state index in [2.05, 4.69) is 19.1 Å². The molecule has 2 bridgehead atoms. The largest absolute Gasteiger partial charge is 0.497 e. The molecule has 4 rings (SSSR count). The quantitative estimate of drug-likeness (QED) is 0.348. The van der Waals surface area contributed by atoms with Crippen LogP contribution in [0.2, 0.25) is 0 Å². The van der Waals surface area contributed by atoms with Crippen LogP contribution < -0.4 is 4.74 Å². The normalized spacial score (nSPS) is 33.7. The summed E-state index contributed by atoms with van der Waals surface area (Å²) in [5.41, 5.74) is 2.00. The second-order valence-corrected chi connectivity index (χ2v) is 11.3. The Morgan fingerprint density at radius 3 is 2.65 bits per heavy atom. The average Bonchev–Trinajstić information content (AvgIpc) is 3.25. The maximum Gasteiger partial charge on any atom is 0.330 e. The van der Waals surface area contributed by atoms with Crippen molar-refractivity contribution in [2.45, 2.75) is 83.0 Å². The molecule has 0 spiro atoms. The van der Waals surface area contributed by atoms with Gasteiger partial charge >= 0.3 is 5.97 Å². The maximum atomic E-state index is 13.0. The zero-order valence-electron chi connectivity index (χ0n) is 22.3. The first-order valence-corrected chi connectivity index (χ1v) is 14.1. The van der Waals surface area contributed by atoms with Crippen LogP contribution in [0.4, 0.5) is 4.79 Å². The first-order chi connectivity index (χ1) is 17.8. The summed E-state index contributed by atoms with van der Waals surface area (Å²) in [5, 5.41) is -0.00373. The number of esters is 1. The molecule has 5 atom stereocenters. The molecule has 0 saturated carbocycles. The van der Waals surface area contributed by atoms with Crippen molar-refractivity contribution in [1.82, 2.24) is 4.90 Å². The summed E-state index contributed by atoms with van der Waals surface area (Å²) >= 11 is 1.28. The van der Waals surface area contributed by atoms with Crippen molar-refractivity contribution in [3.63, 3.8) is 0 Å². The number of ether oxygens (including phenoxy) is 4. The third-order valence-corrected chi connectivity index (χ3v) is 8.47. The number of rotatable bonds is 5. The Morgan fingerprint density at radius 1 is 1.14 bits per heavy atom. The molecule has 202 valence electrons. The first kappa shape index (κ1) is 27.7. The molecule has 0 N–H and O–H groups in total. The molecule has 3 aliphatic rings. The molecule has 2 fully saturated rings. The molecule has 0 radical (unpaired) electrons. The van der Waals surface area contributed by atoms with E-state index in [1.165, 1.54) is 11.8 Å². The van der Waals surface area contributed by atoms with E-state index in [0.29, 0.717) is 31.1 Å². The van der Waals surface area contributed by atoms with Crippen molar-refractivity contribution in [3.8, 4) is 5.75 Å². The molecule has 3 heterocycles. The number of carbonyl (C=O) groups excluding carboxylic acids is 2. The third-order valence-electron chi connectivity index (χ3n) is 7.51. The molecular weight excluding hydrogens is 490 g/mol. The average molecular weight is 530 g/mol. The highest BCUT2D eigenvalue weighted by Gasteiger charge is 2.54. The van der Waals surface area contributed by atoms with Crippen LogP contribution in [-0.4, -0.2) is 60.1 Å². The van der Waals surface area contributed by atoms with E-state index < -0.39 is 5.79 Å². The Balaban J connectivity index is 1.59. The first-order valence-electron chi connectivity index (χ1n) is 13.2. The monoisotopic (exact) mass is 529 g/mol. The molecule has 0 aliphatic carbocycles. The summed E-state index contributed by atoms with van der Waals surface area (Å²) in [7, 11) is 3.27. The molecule has 1 aromatic rings. The van der Waals surface area contributed by atoms with Crippen LogP contribution in [0.15, 0.2) is 48.1 Å². The second-order valence-electron chi connectivity index (χ2n) is 10.3. The lowest BCUT2D eigenvalue weighted by Crippen LogP contribution is -2.60. The van der Waals surface area contributed by atoms with Gasteiger partial charge in [0.25, 0.3) is 5.24 Å². The fourth-order valence-corrected chi connectivity index (χ4v) is 6.49. The number of fused-ring (bicyclic) bond motifs is 2. The van der Waals surface area contributed by atoms with Gasteiger partial charge in [0, 0.05) is 38.3 Å². The van der Waals surface area contributed by atoms with Gasteiger partial charge in [-0.05, 0) is 56.2 Å². The second kappa shape index (κ2) is 12.5. The predicted molar refractivity (Wildman–Crippen MR) is 144 cm³/mol. The minimum atomic E-state index is -1.06. The predicted octanol–water partition coefficient (Wildman–Crippen LogP) is 5.88. The van der Waals surface area contributed by atoms with Crippen LogP contribution >= 0.6 is 11.8 Å². The number of benzene rings is 1. The number of allylic oxidation sites excluding steroid dienone is 3. The summed E-state index contributed by atoms with van der Waals surface area (Å²) in [6.45, 7) is 4.63. The summed E-state index contributed by atoms with van der Waals surface area (Å²) in [5.74, 6) is 0.357. The Kier molecular flexibility index (Phi) is 9.37. The van der Waals surface area contributed by atoms with Crippen LogP contribution in [0.3, 0.4) is 0 Å². The van der Waals surface area contributed by atoms with Gasteiger partial charge in [0.2, 0.25) is 0 Å². The van der Waals surface area contributed by atoms with Crippen molar-refractivity contribution in [1.29, 1.82) is 0 Å². The van der Waals surface area contributed by atoms with Crippen LogP contribution in [0.1, 0.15) is 57.9 Å². The van der Waals surface area contributed by atoms with Gasteiger partial charge in [-0.25, -0.2) is 4.79 Å². The third kappa shape index (κ3) is 6.98. The van der Waals surface area contributed by atoms with Crippen molar-refractivity contribution in [2.24, 2.45) is 5.92 Å². The molecule has 8 heteroatoms. The summed E-state index contributed by atoms with van der Waals surface area (Å²) in [4.78, 5) is 27.6. The SMILES string of the molecule is COc1ccc(CN2C(=O)SC[C@@H]2[C@@]2(OC)CC3C[C@@H](CC[C@H](C)/C=C/CC/C(C)=C\C(=O)O3)O2)cc1. The minimum Gasteiger partial charge on any atom is -0.497 e. The van der Waals surface area contributed by atoms with Crippen LogP contribution in [0, 0.1) is 5.92 Å². The highest BCUT2D eigenvalue weighted by Crippen LogP contribution is 2.43. The zero-order chi connectivity index (χ0) is 26.4. The number of nitrogens with zero attached hydrogens (tertiary/aromatic N) is 1. The summed E-state index contributed by atoms with van der Waals surface area (Å²) in [6.07, 6.45) is 10.1. The van der Waals surface area contributed by atoms with E-state index in [4.69, 9.17) is 18.9 Å². The van der Waals surface area contributed by atoms with Gasteiger partial charge in [-0.3, -0.25) is 4.79 Å². The van der Waals surface area contributed by atoms with Gasteiger partial charge in [-0.1, -0.05) is 48.5 Å². The topological polar surface area (TPSA) is 74.3 Å². The smallest absolute Gasteiger partial charge is 0.330 e. The summed E-state index contributed by atoms with van der Waals surface area (Å²) in [6, 6.07) is 7.41. The van der Waals surface area contributed by atoms with Gasteiger partial charge in [0.05, 0.1) is 19.3 Å². The molecule has 1 amide bonds. The van der Waals surface area contributed by atoms with Gasteiger partial charge in [0.1, 0.15) is 11.9 Å². The molecule has 7 nitrogen and oxygen atoms in total. The fourth-order valence-electron chi connectivity index (χ4n) is 5.39. The van der Waals surface area contributed by atoms with Crippen molar-refractivity contribution in [3.05, 3.63) is 53.6 Å². The lowest BCUT2D eigenvalue weighted by molar-refractivity contribution is -0.305. The van der Waals surface area contributed by atoms with Crippen LogP contribution in [0.5, 0.6) is 5.75 Å². The Labute approximate surface area is 224 Å². The highest BCUT2D eigenvalue weighted by atomic mass is 32.2. The van der Waals surface area contributed by atoms with E-state index in [1.807, 2.05) is 36.1 Å². The van der Waals surface area contributed by atoms with E-state index in [-0.39, 0.29) is 29.5 Å². The lowest BCUT2D eigenvalue weighted by atomic mass is 9.89. The van der Waals surface area contributed by atoms with Crippen molar-refractivity contribution >= 4 is 23.0 Å². The van der Waals surface area contributed by atoms with Gasteiger partial charge in [-0.2, -0.15) is 0 Å². The lowest BCUT2D eigenvalue weighted by Gasteiger charge is -2.48. The molecule has 0 aromatic heterocycles. The minimum absolute atomic E-state index is 0.00373. The molecule has 1 aromatic carbocycles. The summed E-state index contributed by atoms with van der Waals surface area (Å²) < 4.78 is 24.1. The number of methoxy groups -OCH3 is 2. The standard InChI is InChI=1S/C29H39NO6S/c1-20-7-5-6-8-21(2)15-27(31)35-25-16-24(12-9-20)36-29(17-25,34-4)26-19-37-28(32)30(26)18-22-10-13-23(33-3)14-11-22/h5,7,10-11,13-15,20,24-26H,6,8-9,12,16-19H2,1-4H3/b7-5+,21-15-/t20-,24-,25?,26-,29-/m1/s1. The fraction of sp³-hybridized carbons (Fsp3) is 0.586. The maximum absolute atomic E-state index is 13.0. The molecule has 3 aliphatic heterocycles. The van der Waals surface area contributed by atoms with Gasteiger partial charge in [-0.15, -0.1) is 0 Å². The Morgan fingerprint density at radius 2 is 1.92 bits per heavy atom. The van der Waals surface area contributed by atoms with Crippen molar-refractivity contribution < 1.29 is 28.5 Å². The highest BCUT2D eigenvalue weighted by molar-refractivity contribution is 8.13. The number of amides is 1. The Bertz CT molecular complexity index is 1010. The van der Waals surface area contributed by atoms with Crippen molar-refractivity contribution in [2.75, 3.05) is 20.0 Å². The number of carbonyl (C=O) groups is 2. The van der Waals surface area contributed by atoms with Crippen LogP contribution in [0.25, 0.3) is 0 Å². The molecule has 37 heavy (non-hydrogen) atoms.